The summed E-state index contributed by atoms with van der Waals surface area (Å²) in [6.45, 7) is 0.542. The van der Waals surface area contributed by atoms with Gasteiger partial charge in [0.2, 0.25) is 0 Å². The van der Waals surface area contributed by atoms with Crippen molar-refractivity contribution in [3.05, 3.63) is 51.7 Å². The van der Waals surface area contributed by atoms with Gasteiger partial charge in [0.05, 0.1) is 6.04 Å². The highest BCUT2D eigenvalue weighted by Crippen LogP contribution is 2.22. The Morgan fingerprint density at radius 3 is 2.76 bits per heavy atom. The molecule has 1 heterocycles. The third kappa shape index (κ3) is 4.74. The van der Waals surface area contributed by atoms with Crippen molar-refractivity contribution in [1.29, 1.82) is 0 Å². The van der Waals surface area contributed by atoms with E-state index in [1.165, 1.54) is 4.88 Å². The largest absolute Gasteiger partial charge is 0.336 e. The second-order valence-corrected chi connectivity index (χ2v) is 6.26. The van der Waals surface area contributed by atoms with E-state index in [0.29, 0.717) is 17.3 Å². The molecule has 0 aliphatic carbocycles. The normalized spacial score (nSPS) is 12.2. The van der Waals surface area contributed by atoms with Crippen LogP contribution in [0, 0.1) is 0 Å². The van der Waals surface area contributed by atoms with Crippen molar-refractivity contribution in [2.75, 3.05) is 26.0 Å². The Bertz CT molecular complexity index is 586. The Hall–Kier alpha value is -1.56. The first-order chi connectivity index (χ1) is 10.1. The monoisotopic (exact) mass is 323 g/mol. The topological polar surface area (TPSA) is 44.4 Å². The van der Waals surface area contributed by atoms with Gasteiger partial charge >= 0.3 is 6.03 Å². The molecule has 0 aliphatic rings. The van der Waals surface area contributed by atoms with Crippen LogP contribution in [-0.2, 0) is 0 Å². The fourth-order valence-corrected chi connectivity index (χ4v) is 3.06. The average molecular weight is 324 g/mol. The molecule has 1 aromatic carbocycles. The number of hydrogen-bond acceptors (Lipinski definition) is 3. The molecule has 0 saturated heterocycles. The summed E-state index contributed by atoms with van der Waals surface area (Å²) in [5, 5.41) is 8.30. The van der Waals surface area contributed by atoms with Gasteiger partial charge in [-0.05, 0) is 43.7 Å². The standard InChI is InChI=1S/C15H18ClN3OS/c1-19(2)13(14-7-4-8-21-14)10-17-15(20)18-12-6-3-5-11(16)9-12/h3-9,13H,10H2,1-2H3,(H2,17,18,20)/t13-/m1/s1. The van der Waals surface area contributed by atoms with Crippen LogP contribution >= 0.6 is 22.9 Å². The number of carbonyl (C=O) groups excluding carboxylic acids is 1. The average Bonchev–Trinajstić information content (AvgIpc) is 2.92. The van der Waals surface area contributed by atoms with Gasteiger partial charge in [-0.25, -0.2) is 4.79 Å². The van der Waals surface area contributed by atoms with Crippen LogP contribution in [0.15, 0.2) is 41.8 Å². The number of halogens is 1. The molecule has 1 atom stereocenters. The molecule has 2 amide bonds. The van der Waals surface area contributed by atoms with Crippen LogP contribution in [0.25, 0.3) is 0 Å². The molecule has 112 valence electrons. The second-order valence-electron chi connectivity index (χ2n) is 4.84. The third-order valence-electron chi connectivity index (χ3n) is 3.03. The number of urea groups is 1. The maximum atomic E-state index is 11.9. The van der Waals surface area contributed by atoms with Crippen molar-refractivity contribution in [2.24, 2.45) is 0 Å². The highest BCUT2D eigenvalue weighted by molar-refractivity contribution is 7.10. The smallest absolute Gasteiger partial charge is 0.319 e. The minimum absolute atomic E-state index is 0.162. The summed E-state index contributed by atoms with van der Waals surface area (Å²) in [6.07, 6.45) is 0. The van der Waals surface area contributed by atoms with Crippen molar-refractivity contribution in [1.82, 2.24) is 10.2 Å². The quantitative estimate of drug-likeness (QED) is 0.878. The lowest BCUT2D eigenvalue weighted by Crippen LogP contribution is -2.36. The molecule has 0 fully saturated rings. The number of likely N-dealkylation sites (N-methyl/N-ethyl adjacent to an activating group) is 1. The number of carbonyl (C=O) groups is 1. The van der Waals surface area contributed by atoms with E-state index < -0.39 is 0 Å². The van der Waals surface area contributed by atoms with Crippen LogP contribution in [0.5, 0.6) is 0 Å². The molecule has 0 spiro atoms. The Balaban J connectivity index is 1.90. The highest BCUT2D eigenvalue weighted by Gasteiger charge is 2.16. The number of nitrogens with one attached hydrogen (secondary N) is 2. The Labute approximate surface area is 133 Å². The predicted molar refractivity (Wildman–Crippen MR) is 89.2 cm³/mol. The van der Waals surface area contributed by atoms with Crippen molar-refractivity contribution in [3.63, 3.8) is 0 Å². The van der Waals surface area contributed by atoms with E-state index in [9.17, 15) is 4.79 Å². The summed E-state index contributed by atoms with van der Waals surface area (Å²) < 4.78 is 0. The van der Waals surface area contributed by atoms with E-state index in [2.05, 4.69) is 21.6 Å². The van der Waals surface area contributed by atoms with Crippen molar-refractivity contribution < 1.29 is 4.79 Å². The molecular weight excluding hydrogens is 306 g/mol. The van der Waals surface area contributed by atoms with Crippen LogP contribution in [0.4, 0.5) is 10.5 Å². The van der Waals surface area contributed by atoms with Crippen LogP contribution in [0.3, 0.4) is 0 Å². The molecular formula is C15H18ClN3OS. The summed E-state index contributed by atoms with van der Waals surface area (Å²) >= 11 is 7.57. The second kappa shape index (κ2) is 7.45. The van der Waals surface area contributed by atoms with Gasteiger partial charge in [0, 0.05) is 22.1 Å². The third-order valence-corrected chi connectivity index (χ3v) is 4.24. The van der Waals surface area contributed by atoms with Crippen LogP contribution < -0.4 is 10.6 Å². The van der Waals surface area contributed by atoms with E-state index in [4.69, 9.17) is 11.6 Å². The maximum Gasteiger partial charge on any atom is 0.319 e. The number of anilines is 1. The number of nitrogens with zero attached hydrogens (tertiary/aromatic N) is 1. The molecule has 0 saturated carbocycles. The first-order valence-electron chi connectivity index (χ1n) is 6.56. The minimum atomic E-state index is -0.235. The molecule has 0 aliphatic heterocycles. The molecule has 0 unspecified atom stereocenters. The van der Waals surface area contributed by atoms with E-state index in [-0.39, 0.29) is 12.1 Å². The lowest BCUT2D eigenvalue weighted by Gasteiger charge is -2.23. The van der Waals surface area contributed by atoms with Gasteiger partial charge in [-0.3, -0.25) is 0 Å². The highest BCUT2D eigenvalue weighted by atomic mass is 35.5. The summed E-state index contributed by atoms with van der Waals surface area (Å²) in [4.78, 5) is 15.3. The van der Waals surface area contributed by atoms with Gasteiger partial charge in [-0.15, -0.1) is 11.3 Å². The van der Waals surface area contributed by atoms with Gasteiger partial charge in [0.25, 0.3) is 0 Å². The van der Waals surface area contributed by atoms with Gasteiger partial charge in [-0.1, -0.05) is 23.7 Å². The van der Waals surface area contributed by atoms with E-state index in [0.717, 1.165) is 0 Å². The van der Waals surface area contributed by atoms with Crippen molar-refractivity contribution in [3.8, 4) is 0 Å². The zero-order valence-electron chi connectivity index (χ0n) is 12.0. The number of hydrogen-bond donors (Lipinski definition) is 2. The minimum Gasteiger partial charge on any atom is -0.336 e. The van der Waals surface area contributed by atoms with Crippen molar-refractivity contribution in [2.45, 2.75) is 6.04 Å². The molecule has 6 heteroatoms. The predicted octanol–water partition coefficient (Wildman–Crippen LogP) is 3.83. The fraction of sp³-hybridized carbons (Fsp3) is 0.267. The fourth-order valence-electron chi connectivity index (χ4n) is 1.95. The first-order valence-corrected chi connectivity index (χ1v) is 7.82. The van der Waals surface area contributed by atoms with Gasteiger partial charge in [0.15, 0.2) is 0 Å². The first kappa shape index (κ1) is 15.8. The number of rotatable bonds is 5. The zero-order chi connectivity index (χ0) is 15.2. The van der Waals surface area contributed by atoms with Gasteiger partial charge < -0.3 is 15.5 Å². The van der Waals surface area contributed by atoms with E-state index in [1.807, 2.05) is 25.5 Å². The van der Waals surface area contributed by atoms with Crippen LogP contribution in [0.1, 0.15) is 10.9 Å². The van der Waals surface area contributed by atoms with E-state index in [1.54, 1.807) is 35.6 Å². The number of amides is 2. The Morgan fingerprint density at radius 1 is 1.33 bits per heavy atom. The Morgan fingerprint density at radius 2 is 2.14 bits per heavy atom. The molecule has 21 heavy (non-hydrogen) atoms. The molecule has 2 N–H and O–H groups in total. The zero-order valence-corrected chi connectivity index (χ0v) is 13.5. The summed E-state index contributed by atoms with van der Waals surface area (Å²) in [5.74, 6) is 0. The van der Waals surface area contributed by atoms with Crippen LogP contribution in [0.2, 0.25) is 5.02 Å². The maximum absolute atomic E-state index is 11.9. The molecule has 2 rings (SSSR count). The molecule has 2 aromatic rings. The molecule has 1 aromatic heterocycles. The lowest BCUT2D eigenvalue weighted by molar-refractivity contribution is 0.244. The van der Waals surface area contributed by atoms with E-state index >= 15 is 0 Å². The molecule has 0 bridgehead atoms. The molecule has 0 radical (unpaired) electrons. The number of benzene rings is 1. The summed E-state index contributed by atoms with van der Waals surface area (Å²) in [6, 6.07) is 11.1. The van der Waals surface area contributed by atoms with Gasteiger partial charge in [-0.2, -0.15) is 0 Å². The molecule has 4 nitrogen and oxygen atoms in total. The lowest BCUT2D eigenvalue weighted by atomic mass is 10.2. The van der Waals surface area contributed by atoms with Gasteiger partial charge in [0.1, 0.15) is 0 Å². The summed E-state index contributed by atoms with van der Waals surface area (Å²) in [7, 11) is 4.00. The van der Waals surface area contributed by atoms with Crippen molar-refractivity contribution >= 4 is 34.7 Å². The Kier molecular flexibility index (Phi) is 5.61. The SMILES string of the molecule is CN(C)[C@H](CNC(=O)Nc1cccc(Cl)c1)c1cccs1. The summed E-state index contributed by atoms with van der Waals surface area (Å²) in [5.41, 5.74) is 0.678. The van der Waals surface area contributed by atoms with Crippen LogP contribution in [-0.4, -0.2) is 31.6 Å². The number of thiophene rings is 1.